The highest BCUT2D eigenvalue weighted by Gasteiger charge is 2.25. The van der Waals surface area contributed by atoms with Crippen LogP contribution in [0.4, 0.5) is 4.39 Å². The Kier molecular flexibility index (Phi) is 5.62. The second kappa shape index (κ2) is 9.07. The molecule has 35 heavy (non-hydrogen) atoms. The van der Waals surface area contributed by atoms with E-state index in [0.717, 1.165) is 60.2 Å². The van der Waals surface area contributed by atoms with Gasteiger partial charge in [-0.1, -0.05) is 23.4 Å². The number of hydrogen-bond donors (Lipinski definition) is 0. The smallest absolute Gasteiger partial charge is 0.260 e. The van der Waals surface area contributed by atoms with Crippen LogP contribution in [0.2, 0.25) is 0 Å². The summed E-state index contributed by atoms with van der Waals surface area (Å²) in [5.41, 5.74) is 3.70. The molecule has 0 aliphatic carbocycles. The molecule has 0 amide bonds. The van der Waals surface area contributed by atoms with Gasteiger partial charge in [0.15, 0.2) is 5.58 Å². The molecule has 0 saturated carbocycles. The van der Waals surface area contributed by atoms with Gasteiger partial charge in [-0.25, -0.2) is 9.37 Å². The lowest BCUT2D eigenvalue weighted by atomic mass is 9.91. The highest BCUT2D eigenvalue weighted by molar-refractivity contribution is 5.80. The third kappa shape index (κ3) is 4.12. The number of piperidine rings is 1. The van der Waals surface area contributed by atoms with Gasteiger partial charge in [0.05, 0.1) is 11.4 Å². The van der Waals surface area contributed by atoms with Crippen LogP contribution >= 0.6 is 0 Å². The van der Waals surface area contributed by atoms with E-state index in [4.69, 9.17) is 4.52 Å². The minimum absolute atomic E-state index is 0.0152. The Morgan fingerprint density at radius 1 is 1.00 bits per heavy atom. The maximum absolute atomic E-state index is 13.5. The number of rotatable bonds is 5. The van der Waals surface area contributed by atoms with Gasteiger partial charge < -0.3 is 9.42 Å². The lowest BCUT2D eigenvalue weighted by Crippen LogP contribution is -2.35. The number of pyridine rings is 2. The van der Waals surface area contributed by atoms with Crippen LogP contribution in [0.25, 0.3) is 27.7 Å². The number of para-hydroxylation sites is 1. The van der Waals surface area contributed by atoms with Crippen molar-refractivity contribution in [1.29, 1.82) is 0 Å². The number of halogens is 1. The molecular weight excluding hydrogens is 443 g/mol. The van der Waals surface area contributed by atoms with Gasteiger partial charge in [0.2, 0.25) is 0 Å². The zero-order valence-corrected chi connectivity index (χ0v) is 19.2. The Morgan fingerprint density at radius 2 is 1.83 bits per heavy atom. The summed E-state index contributed by atoms with van der Waals surface area (Å²) in [6.07, 6.45) is 4.30. The van der Waals surface area contributed by atoms with E-state index in [1.807, 2.05) is 48.5 Å². The number of aromatic nitrogens is 3. The fourth-order valence-electron chi connectivity index (χ4n) is 5.13. The Labute approximate surface area is 201 Å². The fourth-order valence-corrected chi connectivity index (χ4v) is 5.13. The van der Waals surface area contributed by atoms with Crippen molar-refractivity contribution in [3.63, 3.8) is 0 Å². The molecule has 7 heteroatoms. The van der Waals surface area contributed by atoms with Crippen molar-refractivity contribution < 1.29 is 8.91 Å². The maximum Gasteiger partial charge on any atom is 0.260 e. The van der Waals surface area contributed by atoms with E-state index in [9.17, 15) is 9.18 Å². The predicted molar refractivity (Wildman–Crippen MR) is 133 cm³/mol. The summed E-state index contributed by atoms with van der Waals surface area (Å²) < 4.78 is 20.6. The van der Waals surface area contributed by atoms with Crippen LogP contribution in [0.15, 0.2) is 82.2 Å². The van der Waals surface area contributed by atoms with E-state index >= 15 is 0 Å². The highest BCUT2D eigenvalue weighted by atomic mass is 19.1. The molecule has 1 saturated heterocycles. The third-order valence-corrected chi connectivity index (χ3v) is 6.98. The zero-order valence-electron chi connectivity index (χ0n) is 19.2. The van der Waals surface area contributed by atoms with Crippen molar-refractivity contribution >= 4 is 22.0 Å². The van der Waals surface area contributed by atoms with Crippen molar-refractivity contribution in [2.45, 2.75) is 25.2 Å². The summed E-state index contributed by atoms with van der Waals surface area (Å²) >= 11 is 0. The number of likely N-dealkylation sites (tertiary alicyclic amines) is 1. The Balaban J connectivity index is 1.19. The molecule has 176 valence electrons. The van der Waals surface area contributed by atoms with Gasteiger partial charge in [0.25, 0.3) is 5.56 Å². The summed E-state index contributed by atoms with van der Waals surface area (Å²) in [5, 5.41) is 6.10. The molecular formula is C28H25FN4O2. The summed E-state index contributed by atoms with van der Waals surface area (Å²) in [6, 6.07) is 20.2. The van der Waals surface area contributed by atoms with Crippen LogP contribution in [0.1, 0.15) is 30.0 Å². The van der Waals surface area contributed by atoms with Crippen LogP contribution in [0.5, 0.6) is 0 Å². The van der Waals surface area contributed by atoms with Crippen molar-refractivity contribution in [2.75, 3.05) is 19.6 Å². The highest BCUT2D eigenvalue weighted by Crippen LogP contribution is 2.32. The number of hydrogen-bond acceptors (Lipinski definition) is 5. The monoisotopic (exact) mass is 468 g/mol. The van der Waals surface area contributed by atoms with Crippen molar-refractivity contribution in [2.24, 2.45) is 0 Å². The van der Waals surface area contributed by atoms with E-state index in [1.54, 1.807) is 16.8 Å². The minimum Gasteiger partial charge on any atom is -0.356 e. The van der Waals surface area contributed by atoms with Gasteiger partial charge in [0.1, 0.15) is 11.5 Å². The molecule has 1 aliphatic heterocycles. The fraction of sp³-hybridized carbons (Fsp3) is 0.250. The van der Waals surface area contributed by atoms with Crippen molar-refractivity contribution in [3.8, 4) is 5.69 Å². The number of nitrogens with zero attached hydrogens (tertiary/aromatic N) is 4. The Bertz CT molecular complexity index is 1550. The molecule has 3 aromatic heterocycles. The minimum atomic E-state index is -0.314. The summed E-state index contributed by atoms with van der Waals surface area (Å²) in [6.45, 7) is 2.65. The molecule has 0 radical (unpaired) electrons. The maximum atomic E-state index is 13.5. The number of fused-ring (bicyclic) bond motifs is 2. The van der Waals surface area contributed by atoms with Gasteiger partial charge in [-0.2, -0.15) is 0 Å². The average molecular weight is 469 g/mol. The van der Waals surface area contributed by atoms with Crippen LogP contribution in [0.3, 0.4) is 0 Å². The normalized spacial score (nSPS) is 15.2. The average Bonchev–Trinajstić information content (AvgIpc) is 3.31. The van der Waals surface area contributed by atoms with E-state index < -0.39 is 0 Å². The topological polar surface area (TPSA) is 64.2 Å². The molecule has 5 aromatic rings. The largest absolute Gasteiger partial charge is 0.356 e. The van der Waals surface area contributed by atoms with Crippen LogP contribution in [0, 0.1) is 5.82 Å². The summed E-state index contributed by atoms with van der Waals surface area (Å²) in [4.78, 5) is 20.4. The van der Waals surface area contributed by atoms with Crippen molar-refractivity contribution in [1.82, 2.24) is 19.6 Å². The van der Waals surface area contributed by atoms with E-state index in [-0.39, 0.29) is 11.4 Å². The van der Waals surface area contributed by atoms with Gasteiger partial charge >= 0.3 is 0 Å². The van der Waals surface area contributed by atoms with Crippen LogP contribution < -0.4 is 5.56 Å². The predicted octanol–water partition coefficient (Wildman–Crippen LogP) is 5.09. The molecule has 4 heterocycles. The molecule has 0 N–H and O–H groups in total. The number of benzene rings is 2. The van der Waals surface area contributed by atoms with Crippen LogP contribution in [-0.2, 0) is 6.42 Å². The third-order valence-electron chi connectivity index (χ3n) is 6.98. The van der Waals surface area contributed by atoms with Crippen LogP contribution in [-0.4, -0.2) is 39.2 Å². The lowest BCUT2D eigenvalue weighted by Gasteiger charge is -2.31. The molecule has 2 aromatic carbocycles. The van der Waals surface area contributed by atoms with E-state index in [2.05, 4.69) is 15.0 Å². The molecule has 1 aliphatic rings. The molecule has 0 bridgehead atoms. The lowest BCUT2D eigenvalue weighted by molar-refractivity contribution is 0.211. The molecule has 6 nitrogen and oxygen atoms in total. The molecule has 0 atom stereocenters. The summed E-state index contributed by atoms with van der Waals surface area (Å²) in [7, 11) is 0. The first-order valence-electron chi connectivity index (χ1n) is 12.0. The van der Waals surface area contributed by atoms with Crippen molar-refractivity contribution in [3.05, 3.63) is 100 Å². The SMILES string of the molecule is O=c1c(CCN2CCC(c3noc4cc(F)ccc34)CC2)cc2cccnc2n1-c1ccccc1. The first-order valence-corrected chi connectivity index (χ1v) is 12.0. The molecule has 6 rings (SSSR count). The first-order chi connectivity index (χ1) is 17.2. The molecule has 0 unspecified atom stereocenters. The van der Waals surface area contributed by atoms with Gasteiger partial charge in [-0.05, 0) is 74.8 Å². The first kappa shape index (κ1) is 21.7. The van der Waals surface area contributed by atoms with E-state index in [1.165, 1.54) is 12.1 Å². The van der Waals surface area contributed by atoms with Gasteiger partial charge in [-0.15, -0.1) is 0 Å². The molecule has 1 fully saturated rings. The standard InChI is InChI=1S/C28H25FN4O2/c29-22-8-9-24-25(18-22)35-31-26(24)19-10-14-32(15-11-19)16-12-21-17-20-5-4-13-30-27(20)33(28(21)34)23-6-2-1-3-7-23/h1-9,13,17-19H,10-12,14-16H2. The quantitative estimate of drug-likeness (QED) is 0.360. The van der Waals surface area contributed by atoms with E-state index in [0.29, 0.717) is 23.6 Å². The molecule has 0 spiro atoms. The zero-order chi connectivity index (χ0) is 23.8. The van der Waals surface area contributed by atoms with Gasteiger partial charge in [-0.3, -0.25) is 9.36 Å². The summed E-state index contributed by atoms with van der Waals surface area (Å²) in [5.74, 6) is -0.0224. The Hall–Kier alpha value is -3.84. The second-order valence-electron chi connectivity index (χ2n) is 9.14. The second-order valence-corrected chi connectivity index (χ2v) is 9.14. The van der Waals surface area contributed by atoms with Gasteiger partial charge in [0, 0.05) is 41.1 Å². The Morgan fingerprint density at radius 3 is 2.66 bits per heavy atom.